The second-order valence-electron chi connectivity index (χ2n) is 7.11. The number of unbranched alkanes of at least 4 members (excludes halogenated alkanes) is 2. The Morgan fingerprint density at radius 3 is 2.44 bits per heavy atom. The molecule has 27 heavy (non-hydrogen) atoms. The molecule has 6 nitrogen and oxygen atoms in total. The second-order valence-corrected chi connectivity index (χ2v) is 7.11. The molecule has 1 fully saturated rings. The fraction of sp³-hybridized carbons (Fsp3) is 0.619. The Morgan fingerprint density at radius 2 is 1.74 bits per heavy atom. The minimum atomic E-state index is -0.933. The molecule has 0 saturated carbocycles. The molecule has 150 valence electrons. The zero-order valence-electron chi connectivity index (χ0n) is 16.1. The maximum absolute atomic E-state index is 12.4. The molecule has 2 rings (SSSR count). The van der Waals surface area contributed by atoms with Gasteiger partial charge in [-0.2, -0.15) is 0 Å². The number of amides is 1. The largest absolute Gasteiger partial charge is 0.481 e. The molecule has 1 amide bonds. The Hall–Kier alpha value is -1.92. The van der Waals surface area contributed by atoms with Crippen LogP contribution >= 0.6 is 0 Å². The van der Waals surface area contributed by atoms with E-state index < -0.39 is 5.97 Å². The molecule has 1 saturated heterocycles. The fourth-order valence-corrected chi connectivity index (χ4v) is 3.28. The maximum Gasteiger partial charge on any atom is 0.305 e. The predicted molar refractivity (Wildman–Crippen MR) is 104 cm³/mol. The molecular formula is C21H32N2O4. The summed E-state index contributed by atoms with van der Waals surface area (Å²) in [6.07, 6.45) is 7.15. The first-order chi connectivity index (χ1) is 13.1. The van der Waals surface area contributed by atoms with Gasteiger partial charge in [-0.25, -0.2) is 5.06 Å². The summed E-state index contributed by atoms with van der Waals surface area (Å²) < 4.78 is 0. The van der Waals surface area contributed by atoms with Gasteiger partial charge in [-0.1, -0.05) is 43.2 Å². The van der Waals surface area contributed by atoms with Crippen LogP contribution in [0.5, 0.6) is 0 Å². The van der Waals surface area contributed by atoms with E-state index in [1.807, 2.05) is 30.3 Å². The van der Waals surface area contributed by atoms with Crippen molar-refractivity contribution in [3.05, 3.63) is 35.9 Å². The van der Waals surface area contributed by atoms with Gasteiger partial charge < -0.3 is 10.0 Å². The zero-order valence-corrected chi connectivity index (χ0v) is 16.1. The van der Waals surface area contributed by atoms with E-state index in [-0.39, 0.29) is 25.5 Å². The molecule has 1 aliphatic heterocycles. The predicted octanol–water partition coefficient (Wildman–Crippen LogP) is 3.47. The highest BCUT2D eigenvalue weighted by Crippen LogP contribution is 2.12. The number of hydrogen-bond acceptors (Lipinski definition) is 4. The lowest BCUT2D eigenvalue weighted by atomic mass is 10.1. The van der Waals surface area contributed by atoms with E-state index in [1.165, 1.54) is 37.4 Å². The average molecular weight is 376 g/mol. The molecule has 0 bridgehead atoms. The summed E-state index contributed by atoms with van der Waals surface area (Å²) in [7, 11) is 0. The minimum absolute atomic E-state index is 0.0782. The van der Waals surface area contributed by atoms with Crippen molar-refractivity contribution in [3.63, 3.8) is 0 Å². The zero-order chi connectivity index (χ0) is 19.3. The number of piperidine rings is 1. The number of nitrogens with zero attached hydrogens (tertiary/aromatic N) is 2. The summed E-state index contributed by atoms with van der Waals surface area (Å²) in [6, 6.07) is 9.57. The van der Waals surface area contributed by atoms with E-state index >= 15 is 0 Å². The van der Waals surface area contributed by atoms with Crippen molar-refractivity contribution < 1.29 is 19.5 Å². The van der Waals surface area contributed by atoms with Crippen molar-refractivity contribution in [2.24, 2.45) is 0 Å². The molecule has 0 spiro atoms. The Balaban J connectivity index is 1.68. The molecule has 6 heteroatoms. The Labute approximate surface area is 162 Å². The Morgan fingerprint density at radius 1 is 1.00 bits per heavy atom. The normalized spacial score (nSPS) is 14.8. The minimum Gasteiger partial charge on any atom is -0.481 e. The number of carbonyl (C=O) groups is 2. The summed E-state index contributed by atoms with van der Waals surface area (Å²) in [6.45, 7) is 3.86. The van der Waals surface area contributed by atoms with E-state index in [2.05, 4.69) is 4.90 Å². The number of likely N-dealkylation sites (tertiary alicyclic amines) is 1. The van der Waals surface area contributed by atoms with Crippen molar-refractivity contribution in [2.75, 3.05) is 26.2 Å². The summed E-state index contributed by atoms with van der Waals surface area (Å²) >= 11 is 0. The molecule has 0 aliphatic carbocycles. The molecule has 1 N–H and O–H groups in total. The first kappa shape index (κ1) is 21.4. The number of hydrogen-bond donors (Lipinski definition) is 1. The molecular weight excluding hydrogens is 344 g/mol. The molecule has 1 aromatic rings. The Bertz CT molecular complexity index is 559. The van der Waals surface area contributed by atoms with E-state index in [9.17, 15) is 9.59 Å². The number of aliphatic carboxylic acids is 1. The molecule has 0 radical (unpaired) electrons. The van der Waals surface area contributed by atoms with Gasteiger partial charge in [0.25, 0.3) is 0 Å². The topological polar surface area (TPSA) is 70.1 Å². The van der Waals surface area contributed by atoms with Gasteiger partial charge in [0.1, 0.15) is 6.61 Å². The van der Waals surface area contributed by atoms with Crippen LogP contribution in [0.1, 0.15) is 56.9 Å². The van der Waals surface area contributed by atoms with Gasteiger partial charge in [0.05, 0.1) is 13.0 Å². The second kappa shape index (κ2) is 12.5. The van der Waals surface area contributed by atoms with Crippen molar-refractivity contribution >= 4 is 11.9 Å². The van der Waals surface area contributed by atoms with E-state index in [0.29, 0.717) is 6.42 Å². The van der Waals surface area contributed by atoms with Crippen LogP contribution < -0.4 is 0 Å². The van der Waals surface area contributed by atoms with Gasteiger partial charge in [0.15, 0.2) is 0 Å². The molecule has 1 aliphatic rings. The molecule has 0 unspecified atom stereocenters. The third kappa shape index (κ3) is 9.02. The molecule has 0 aromatic heterocycles. The van der Waals surface area contributed by atoms with E-state index in [0.717, 1.165) is 31.4 Å². The van der Waals surface area contributed by atoms with Gasteiger partial charge in [0, 0.05) is 6.42 Å². The van der Waals surface area contributed by atoms with Crippen LogP contribution in [0.3, 0.4) is 0 Å². The third-order valence-electron chi connectivity index (χ3n) is 4.85. The van der Waals surface area contributed by atoms with Crippen LogP contribution in [0.4, 0.5) is 0 Å². The average Bonchev–Trinajstić information content (AvgIpc) is 2.69. The number of hydroxylamine groups is 2. The summed E-state index contributed by atoms with van der Waals surface area (Å²) in [5, 5.41) is 10.1. The SMILES string of the molecule is O=C(O)CCN(OCc1ccccc1)C(=O)CCCCCN1CCCCC1. The lowest BCUT2D eigenvalue weighted by Crippen LogP contribution is -2.33. The van der Waals surface area contributed by atoms with Gasteiger partial charge in [-0.15, -0.1) is 0 Å². The standard InChI is InChI=1S/C21H32N2O4/c24-20(12-6-2-7-14-22-15-8-3-9-16-22)23(17-13-21(25)26)27-18-19-10-4-1-5-11-19/h1,4-5,10-11H,2-3,6-9,12-18H2,(H,25,26). The number of benzene rings is 1. The highest BCUT2D eigenvalue weighted by molar-refractivity contribution is 5.76. The van der Waals surface area contributed by atoms with Crippen LogP contribution in [-0.4, -0.2) is 53.1 Å². The summed E-state index contributed by atoms with van der Waals surface area (Å²) in [5.74, 6) is -1.07. The first-order valence-corrected chi connectivity index (χ1v) is 10.1. The van der Waals surface area contributed by atoms with Gasteiger partial charge in [-0.05, 0) is 50.9 Å². The van der Waals surface area contributed by atoms with Crippen LogP contribution in [0, 0.1) is 0 Å². The van der Waals surface area contributed by atoms with Crippen LogP contribution in [-0.2, 0) is 21.0 Å². The van der Waals surface area contributed by atoms with Crippen LogP contribution in [0.2, 0.25) is 0 Å². The number of carboxylic acid groups (broad SMARTS) is 1. The highest BCUT2D eigenvalue weighted by Gasteiger charge is 2.16. The first-order valence-electron chi connectivity index (χ1n) is 10.1. The van der Waals surface area contributed by atoms with Gasteiger partial charge in [0.2, 0.25) is 5.91 Å². The van der Waals surface area contributed by atoms with Crippen molar-refractivity contribution in [1.82, 2.24) is 9.96 Å². The Kier molecular flexibility index (Phi) is 9.87. The summed E-state index contributed by atoms with van der Waals surface area (Å²) in [5.41, 5.74) is 0.951. The van der Waals surface area contributed by atoms with E-state index in [4.69, 9.17) is 9.94 Å². The van der Waals surface area contributed by atoms with E-state index in [1.54, 1.807) is 0 Å². The number of carboxylic acids is 1. The summed E-state index contributed by atoms with van der Waals surface area (Å²) in [4.78, 5) is 31.4. The fourth-order valence-electron chi connectivity index (χ4n) is 3.28. The van der Waals surface area contributed by atoms with Crippen LogP contribution in [0.25, 0.3) is 0 Å². The molecule has 1 aromatic carbocycles. The smallest absolute Gasteiger partial charge is 0.305 e. The van der Waals surface area contributed by atoms with Crippen molar-refractivity contribution in [1.29, 1.82) is 0 Å². The molecule has 1 heterocycles. The third-order valence-corrected chi connectivity index (χ3v) is 4.85. The number of rotatable bonds is 12. The number of carbonyl (C=O) groups excluding carboxylic acids is 1. The lowest BCUT2D eigenvalue weighted by molar-refractivity contribution is -0.193. The molecule has 0 atom stereocenters. The van der Waals surface area contributed by atoms with Crippen molar-refractivity contribution in [2.45, 2.75) is 58.0 Å². The quantitative estimate of drug-likeness (QED) is 0.447. The van der Waals surface area contributed by atoms with Gasteiger partial charge in [-0.3, -0.25) is 14.4 Å². The highest BCUT2D eigenvalue weighted by atomic mass is 16.7. The van der Waals surface area contributed by atoms with Crippen LogP contribution in [0.15, 0.2) is 30.3 Å². The maximum atomic E-state index is 12.4. The lowest BCUT2D eigenvalue weighted by Gasteiger charge is -2.26. The van der Waals surface area contributed by atoms with Gasteiger partial charge >= 0.3 is 5.97 Å². The monoisotopic (exact) mass is 376 g/mol. The van der Waals surface area contributed by atoms with Crippen molar-refractivity contribution in [3.8, 4) is 0 Å².